The number of hydrogen-bond acceptors (Lipinski definition) is 4. The molecule has 1 aliphatic rings. The van der Waals surface area contributed by atoms with Gasteiger partial charge in [0, 0.05) is 11.3 Å². The maximum absolute atomic E-state index is 13.0. The van der Waals surface area contributed by atoms with E-state index in [0.717, 1.165) is 41.7 Å². The molecule has 4 aromatic rings. The highest BCUT2D eigenvalue weighted by molar-refractivity contribution is 6.06. The van der Waals surface area contributed by atoms with Gasteiger partial charge in [-0.3, -0.25) is 4.79 Å². The predicted molar refractivity (Wildman–Crippen MR) is 116 cm³/mol. The van der Waals surface area contributed by atoms with Gasteiger partial charge >= 0.3 is 0 Å². The van der Waals surface area contributed by atoms with Crippen LogP contribution in [0.15, 0.2) is 59.0 Å². The van der Waals surface area contributed by atoms with Gasteiger partial charge in [-0.2, -0.15) is 0 Å². The summed E-state index contributed by atoms with van der Waals surface area (Å²) in [5, 5.41) is 3.74. The third kappa shape index (κ3) is 3.54. The first-order chi connectivity index (χ1) is 14.5. The largest absolute Gasteiger partial charge is 0.461 e. The standard InChI is InChI=1S/C25H22N2O3/c1-15-6-9-19(10-7-15)30-23-14-18(13-22-20(23)12-16(2)29-22)25(28)27-24-11-8-17-4-3-5-21(17)26-24/h6-14H,3-5H2,1-2H3,(H,26,27,28). The lowest BCUT2D eigenvalue weighted by atomic mass is 10.1. The Morgan fingerprint density at radius 1 is 1.03 bits per heavy atom. The summed E-state index contributed by atoms with van der Waals surface area (Å²) >= 11 is 0. The molecule has 0 atom stereocenters. The van der Waals surface area contributed by atoms with Crippen molar-refractivity contribution in [3.63, 3.8) is 0 Å². The number of anilines is 1. The minimum atomic E-state index is -0.245. The van der Waals surface area contributed by atoms with Crippen LogP contribution < -0.4 is 10.1 Å². The molecule has 1 aliphatic carbocycles. The molecule has 2 aromatic heterocycles. The summed E-state index contributed by atoms with van der Waals surface area (Å²) in [5.41, 5.74) is 4.58. The fourth-order valence-electron chi connectivity index (χ4n) is 3.86. The highest BCUT2D eigenvalue weighted by Crippen LogP contribution is 2.34. The molecule has 0 unspecified atom stereocenters. The van der Waals surface area contributed by atoms with E-state index in [4.69, 9.17) is 9.15 Å². The first kappa shape index (κ1) is 18.4. The Morgan fingerprint density at radius 2 is 1.87 bits per heavy atom. The highest BCUT2D eigenvalue weighted by Gasteiger charge is 2.17. The number of nitrogens with zero attached hydrogens (tertiary/aromatic N) is 1. The first-order valence-electron chi connectivity index (χ1n) is 10.1. The second-order valence-corrected chi connectivity index (χ2v) is 7.77. The molecule has 0 saturated carbocycles. The van der Waals surface area contributed by atoms with E-state index >= 15 is 0 Å². The molecular weight excluding hydrogens is 376 g/mol. The van der Waals surface area contributed by atoms with Crippen LogP contribution in [0.4, 0.5) is 5.82 Å². The second-order valence-electron chi connectivity index (χ2n) is 7.77. The van der Waals surface area contributed by atoms with Gasteiger partial charge in [0.1, 0.15) is 28.7 Å². The van der Waals surface area contributed by atoms with E-state index in [2.05, 4.69) is 16.4 Å². The fourth-order valence-corrected chi connectivity index (χ4v) is 3.86. The SMILES string of the molecule is Cc1ccc(Oc2cc(C(=O)Nc3ccc4c(n3)CCC4)cc3oc(C)cc23)cc1. The smallest absolute Gasteiger partial charge is 0.257 e. The molecular formula is C25H22N2O3. The molecule has 5 heteroatoms. The number of furan rings is 1. The van der Waals surface area contributed by atoms with Crippen LogP contribution in [0, 0.1) is 13.8 Å². The summed E-state index contributed by atoms with van der Waals surface area (Å²) in [6, 6.07) is 17.1. The summed E-state index contributed by atoms with van der Waals surface area (Å²) in [6.07, 6.45) is 3.14. The number of amides is 1. The predicted octanol–water partition coefficient (Wildman–Crippen LogP) is 5.98. The number of carbonyl (C=O) groups is 1. The zero-order valence-electron chi connectivity index (χ0n) is 17.0. The molecule has 2 heterocycles. The van der Waals surface area contributed by atoms with Crippen molar-refractivity contribution in [3.05, 3.63) is 82.7 Å². The van der Waals surface area contributed by atoms with Gasteiger partial charge in [-0.05, 0) is 75.1 Å². The molecule has 0 aliphatic heterocycles. The molecule has 2 aromatic carbocycles. The molecule has 0 fully saturated rings. The number of hydrogen-bond donors (Lipinski definition) is 1. The number of benzene rings is 2. The van der Waals surface area contributed by atoms with Crippen molar-refractivity contribution in [2.75, 3.05) is 5.32 Å². The molecule has 5 rings (SSSR count). The van der Waals surface area contributed by atoms with Crippen LogP contribution in [0.25, 0.3) is 11.0 Å². The lowest BCUT2D eigenvalue weighted by Crippen LogP contribution is -2.13. The molecule has 30 heavy (non-hydrogen) atoms. The van der Waals surface area contributed by atoms with Crippen molar-refractivity contribution in [1.82, 2.24) is 4.98 Å². The Balaban J connectivity index is 1.47. The Kier molecular flexibility index (Phi) is 4.51. The van der Waals surface area contributed by atoms with E-state index in [1.807, 2.05) is 50.2 Å². The van der Waals surface area contributed by atoms with Crippen LogP contribution in [0.2, 0.25) is 0 Å². The van der Waals surface area contributed by atoms with Crippen molar-refractivity contribution in [2.24, 2.45) is 0 Å². The van der Waals surface area contributed by atoms with E-state index in [1.54, 1.807) is 12.1 Å². The molecule has 1 N–H and O–H groups in total. The van der Waals surface area contributed by atoms with Crippen LogP contribution in [0.1, 0.15) is 39.4 Å². The van der Waals surface area contributed by atoms with Crippen molar-refractivity contribution in [1.29, 1.82) is 0 Å². The van der Waals surface area contributed by atoms with E-state index in [-0.39, 0.29) is 5.91 Å². The minimum Gasteiger partial charge on any atom is -0.461 e. The third-order valence-corrected chi connectivity index (χ3v) is 5.40. The average Bonchev–Trinajstić information content (AvgIpc) is 3.34. The lowest BCUT2D eigenvalue weighted by molar-refractivity contribution is 0.102. The molecule has 1 amide bonds. The van der Waals surface area contributed by atoms with Gasteiger partial charge in [-0.25, -0.2) is 4.98 Å². The monoisotopic (exact) mass is 398 g/mol. The Hall–Kier alpha value is -3.60. The van der Waals surface area contributed by atoms with E-state index in [9.17, 15) is 4.79 Å². The van der Waals surface area contributed by atoms with Gasteiger partial charge in [0.15, 0.2) is 0 Å². The average molecular weight is 398 g/mol. The summed E-state index contributed by atoms with van der Waals surface area (Å²) in [4.78, 5) is 17.6. The fraction of sp³-hybridized carbons (Fsp3) is 0.200. The zero-order chi connectivity index (χ0) is 20.7. The van der Waals surface area contributed by atoms with Gasteiger partial charge in [0.05, 0.1) is 5.39 Å². The molecule has 0 saturated heterocycles. The lowest BCUT2D eigenvalue weighted by Gasteiger charge is -2.10. The van der Waals surface area contributed by atoms with Gasteiger partial charge in [0.25, 0.3) is 5.91 Å². The zero-order valence-corrected chi connectivity index (χ0v) is 17.0. The third-order valence-electron chi connectivity index (χ3n) is 5.40. The van der Waals surface area contributed by atoms with Crippen LogP contribution in [-0.2, 0) is 12.8 Å². The summed E-state index contributed by atoms with van der Waals surface area (Å²) < 4.78 is 11.9. The Morgan fingerprint density at radius 3 is 2.70 bits per heavy atom. The van der Waals surface area contributed by atoms with Crippen LogP contribution >= 0.6 is 0 Å². The van der Waals surface area contributed by atoms with Crippen molar-refractivity contribution < 1.29 is 13.9 Å². The number of nitrogens with one attached hydrogen (secondary N) is 1. The van der Waals surface area contributed by atoms with E-state index in [1.165, 1.54) is 5.56 Å². The van der Waals surface area contributed by atoms with Crippen molar-refractivity contribution >= 4 is 22.7 Å². The topological polar surface area (TPSA) is 64.4 Å². The van der Waals surface area contributed by atoms with E-state index in [0.29, 0.717) is 28.5 Å². The molecule has 150 valence electrons. The summed E-state index contributed by atoms with van der Waals surface area (Å²) in [6.45, 7) is 3.91. The number of fused-ring (bicyclic) bond motifs is 2. The maximum Gasteiger partial charge on any atom is 0.257 e. The Bertz CT molecular complexity index is 1260. The number of pyridine rings is 1. The maximum atomic E-state index is 13.0. The van der Waals surface area contributed by atoms with Crippen molar-refractivity contribution in [2.45, 2.75) is 33.1 Å². The summed E-state index contributed by atoms with van der Waals surface area (Å²) in [5.74, 6) is 2.37. The normalized spacial score (nSPS) is 12.7. The number of ether oxygens (including phenoxy) is 1. The number of rotatable bonds is 4. The van der Waals surface area contributed by atoms with E-state index < -0.39 is 0 Å². The molecule has 0 bridgehead atoms. The Labute approximate surface area is 174 Å². The first-order valence-corrected chi connectivity index (χ1v) is 10.1. The van der Waals surface area contributed by atoms with Crippen LogP contribution in [0.5, 0.6) is 11.5 Å². The molecule has 0 spiro atoms. The number of aryl methyl sites for hydroxylation is 4. The quantitative estimate of drug-likeness (QED) is 0.459. The second kappa shape index (κ2) is 7.34. The van der Waals surface area contributed by atoms with Gasteiger partial charge in [-0.15, -0.1) is 0 Å². The van der Waals surface area contributed by atoms with Crippen LogP contribution in [-0.4, -0.2) is 10.9 Å². The number of aromatic nitrogens is 1. The summed E-state index contributed by atoms with van der Waals surface area (Å²) in [7, 11) is 0. The van der Waals surface area contributed by atoms with Gasteiger partial charge in [0.2, 0.25) is 0 Å². The van der Waals surface area contributed by atoms with Crippen LogP contribution in [0.3, 0.4) is 0 Å². The van der Waals surface area contributed by atoms with Crippen molar-refractivity contribution in [3.8, 4) is 11.5 Å². The number of carbonyl (C=O) groups excluding carboxylic acids is 1. The molecule has 5 nitrogen and oxygen atoms in total. The molecule has 0 radical (unpaired) electrons. The minimum absolute atomic E-state index is 0.245. The van der Waals surface area contributed by atoms with Gasteiger partial charge in [-0.1, -0.05) is 23.8 Å². The van der Waals surface area contributed by atoms with Gasteiger partial charge < -0.3 is 14.5 Å². The highest BCUT2D eigenvalue weighted by atomic mass is 16.5.